The molecule has 8 aliphatic carbocycles. The van der Waals surface area contributed by atoms with E-state index in [-0.39, 0.29) is 12.1 Å². The molecule has 0 radical (unpaired) electrons. The Morgan fingerprint density at radius 1 is 0.678 bits per heavy atom. The number of ether oxygens (including phenoxy) is 1. The normalized spacial score (nSPS) is 48.3. The van der Waals surface area contributed by atoms with Gasteiger partial charge in [-0.1, -0.05) is 61.8 Å². The minimum absolute atomic E-state index is 0.0333. The fourth-order valence-corrected chi connectivity index (χ4v) is 19.8. The summed E-state index contributed by atoms with van der Waals surface area (Å²) in [5.41, 5.74) is 1.95. The van der Waals surface area contributed by atoms with E-state index in [1.54, 1.807) is 0 Å². The number of carboxylic acids is 1. The van der Waals surface area contributed by atoms with Crippen molar-refractivity contribution >= 4 is 23.7 Å². The summed E-state index contributed by atoms with van der Waals surface area (Å²) < 4.78 is 4.94. The standard InChI is InChI=1S/C29H50O2S.C24H40O3/c1-7-16-32-25-18-21-17-19(2)12-14-28(21,4)24-13-15-29(5)22(9-10-23(29)27(24)25)20(3)8-11-26(30)31-6;1-15(4-9-22(26)27)19-7-8-20-18-6-5-16-14-17(25)10-12-23(16,2)21(18)11-13-24(19,20)3/h19-25,27H,7-18H2,1-6H3;15-21,25H,4-14H2,1-3H3,(H,26,27)/t19-,20?,21?,22?,23?,24?,25+,27?,28+,29-;15?,16?,17-,18?,19?,20?,21?,23+,24-/m11/s1. The summed E-state index contributed by atoms with van der Waals surface area (Å²) in [6.07, 6.45) is 27.0. The van der Waals surface area contributed by atoms with Gasteiger partial charge in [-0.2, -0.15) is 11.8 Å². The third-order valence-corrected chi connectivity index (χ3v) is 23.0. The lowest BCUT2D eigenvalue weighted by molar-refractivity contribution is -0.141. The molecular weight excluding hydrogens is 749 g/mol. The molecule has 8 rings (SSSR count). The van der Waals surface area contributed by atoms with Gasteiger partial charge in [-0.15, -0.1) is 0 Å². The second kappa shape index (κ2) is 18.4. The van der Waals surface area contributed by atoms with Crippen molar-refractivity contribution in [1.29, 1.82) is 0 Å². The first kappa shape index (κ1) is 46.2. The van der Waals surface area contributed by atoms with Crippen molar-refractivity contribution in [1.82, 2.24) is 0 Å². The molecule has 2 N–H and O–H groups in total. The molecule has 8 aliphatic rings. The Morgan fingerprint density at radius 3 is 1.90 bits per heavy atom. The van der Waals surface area contributed by atoms with E-state index in [1.807, 2.05) is 0 Å². The zero-order chi connectivity index (χ0) is 42.5. The molecule has 8 saturated carbocycles. The Hall–Kier alpha value is -0.750. The van der Waals surface area contributed by atoms with Crippen LogP contribution in [0.1, 0.15) is 197 Å². The second-order valence-electron chi connectivity index (χ2n) is 24.1. The first-order valence-electron chi connectivity index (χ1n) is 25.6. The van der Waals surface area contributed by atoms with Crippen LogP contribution in [0, 0.1) is 98.6 Å². The van der Waals surface area contributed by atoms with Crippen molar-refractivity contribution < 1.29 is 24.5 Å². The number of esters is 1. The van der Waals surface area contributed by atoms with Gasteiger partial charge in [-0.25, -0.2) is 0 Å². The molecule has 8 fully saturated rings. The van der Waals surface area contributed by atoms with Crippen LogP contribution in [0.15, 0.2) is 0 Å². The third kappa shape index (κ3) is 8.64. The minimum Gasteiger partial charge on any atom is -0.481 e. The lowest BCUT2D eigenvalue weighted by Crippen LogP contribution is -2.57. The highest BCUT2D eigenvalue weighted by atomic mass is 32.2. The average Bonchev–Trinajstić information content (AvgIpc) is 3.75. The van der Waals surface area contributed by atoms with Crippen molar-refractivity contribution in [2.45, 2.75) is 208 Å². The van der Waals surface area contributed by atoms with Crippen LogP contribution < -0.4 is 0 Å². The first-order valence-corrected chi connectivity index (χ1v) is 26.6. The quantitative estimate of drug-likeness (QED) is 0.202. The van der Waals surface area contributed by atoms with Crippen LogP contribution in [0.2, 0.25) is 0 Å². The average molecular weight is 839 g/mol. The summed E-state index contributed by atoms with van der Waals surface area (Å²) in [6, 6.07) is 0. The molecule has 338 valence electrons. The van der Waals surface area contributed by atoms with Gasteiger partial charge in [-0.05, 0) is 226 Å². The number of aliphatic hydroxyl groups is 1. The van der Waals surface area contributed by atoms with E-state index >= 15 is 0 Å². The van der Waals surface area contributed by atoms with Crippen molar-refractivity contribution in [2.24, 2.45) is 98.6 Å². The molecule has 6 heteroatoms. The van der Waals surface area contributed by atoms with Crippen LogP contribution in [0.3, 0.4) is 0 Å². The Morgan fingerprint density at radius 2 is 1.24 bits per heavy atom. The van der Waals surface area contributed by atoms with Gasteiger partial charge in [0, 0.05) is 18.1 Å². The molecule has 0 aromatic rings. The Labute approximate surface area is 366 Å². The van der Waals surface area contributed by atoms with Gasteiger partial charge in [0.2, 0.25) is 0 Å². The number of carbonyl (C=O) groups excluding carboxylic acids is 1. The topological polar surface area (TPSA) is 83.8 Å². The highest BCUT2D eigenvalue weighted by molar-refractivity contribution is 7.99. The number of methoxy groups -OCH3 is 1. The van der Waals surface area contributed by atoms with Crippen LogP contribution in [0.5, 0.6) is 0 Å². The third-order valence-electron chi connectivity index (χ3n) is 21.5. The van der Waals surface area contributed by atoms with Crippen molar-refractivity contribution in [2.75, 3.05) is 12.9 Å². The molecule has 0 heterocycles. The lowest BCUT2D eigenvalue weighted by atomic mass is 9.44. The van der Waals surface area contributed by atoms with Crippen molar-refractivity contribution in [3.63, 3.8) is 0 Å². The molecule has 0 amide bonds. The van der Waals surface area contributed by atoms with Crippen LogP contribution in [0.4, 0.5) is 0 Å². The maximum atomic E-state index is 11.8. The summed E-state index contributed by atoms with van der Waals surface area (Å²) in [7, 11) is 1.53. The number of thioether (sulfide) groups is 1. The summed E-state index contributed by atoms with van der Waals surface area (Å²) in [5.74, 6) is 11.3. The number of aliphatic carboxylic acids is 1. The van der Waals surface area contributed by atoms with Crippen LogP contribution in [-0.4, -0.2) is 46.4 Å². The predicted molar refractivity (Wildman–Crippen MR) is 244 cm³/mol. The van der Waals surface area contributed by atoms with Crippen LogP contribution >= 0.6 is 11.8 Å². The van der Waals surface area contributed by atoms with Crippen molar-refractivity contribution in [3.8, 4) is 0 Å². The molecule has 0 aromatic carbocycles. The van der Waals surface area contributed by atoms with E-state index in [2.05, 4.69) is 67.2 Å². The van der Waals surface area contributed by atoms with Gasteiger partial charge >= 0.3 is 11.9 Å². The van der Waals surface area contributed by atoms with E-state index in [0.29, 0.717) is 52.3 Å². The van der Waals surface area contributed by atoms with E-state index in [0.717, 1.165) is 90.1 Å². The number of hydrogen-bond donors (Lipinski definition) is 2. The number of rotatable bonds is 11. The molecule has 5 nitrogen and oxygen atoms in total. The van der Waals surface area contributed by atoms with Gasteiger partial charge in [0.1, 0.15) is 0 Å². The molecule has 19 atom stereocenters. The maximum Gasteiger partial charge on any atom is 0.305 e. The smallest absolute Gasteiger partial charge is 0.305 e. The van der Waals surface area contributed by atoms with E-state index in [1.165, 1.54) is 116 Å². The van der Waals surface area contributed by atoms with Gasteiger partial charge < -0.3 is 14.9 Å². The lowest BCUT2D eigenvalue weighted by Gasteiger charge is -2.63. The maximum absolute atomic E-state index is 11.8. The molecule has 0 saturated heterocycles. The number of fused-ring (bicyclic) bond motifs is 10. The van der Waals surface area contributed by atoms with Gasteiger partial charge in [0.25, 0.3) is 0 Å². The highest BCUT2D eigenvalue weighted by Crippen LogP contribution is 2.71. The Bertz CT molecular complexity index is 1450. The number of carbonyl (C=O) groups is 2. The fraction of sp³-hybridized carbons (Fsp3) is 0.962. The summed E-state index contributed by atoms with van der Waals surface area (Å²) >= 11 is 2.35. The summed E-state index contributed by atoms with van der Waals surface area (Å²) in [5, 5.41) is 20.2. The van der Waals surface area contributed by atoms with Crippen molar-refractivity contribution in [3.05, 3.63) is 0 Å². The Balaban J connectivity index is 0.000000181. The predicted octanol–water partition coefficient (Wildman–Crippen LogP) is 13.5. The minimum atomic E-state index is -0.643. The fourth-order valence-electron chi connectivity index (χ4n) is 18.2. The van der Waals surface area contributed by atoms with Gasteiger partial charge in [0.05, 0.1) is 13.2 Å². The van der Waals surface area contributed by atoms with E-state index in [4.69, 9.17) is 9.84 Å². The molecule has 0 bridgehead atoms. The zero-order valence-electron chi connectivity index (χ0n) is 39.5. The summed E-state index contributed by atoms with van der Waals surface area (Å²) in [4.78, 5) is 22.8. The number of aliphatic hydroxyl groups excluding tert-OH is 1. The molecule has 12 unspecified atom stereocenters. The van der Waals surface area contributed by atoms with E-state index < -0.39 is 5.97 Å². The van der Waals surface area contributed by atoms with Gasteiger partial charge in [-0.3, -0.25) is 9.59 Å². The number of hydrogen-bond acceptors (Lipinski definition) is 5. The highest BCUT2D eigenvalue weighted by Gasteiger charge is 2.63. The largest absolute Gasteiger partial charge is 0.481 e. The molecule has 0 spiro atoms. The molecule has 0 aromatic heterocycles. The molecule has 59 heavy (non-hydrogen) atoms. The zero-order valence-corrected chi connectivity index (χ0v) is 40.3. The van der Waals surface area contributed by atoms with Crippen LogP contribution in [0.25, 0.3) is 0 Å². The van der Waals surface area contributed by atoms with Crippen LogP contribution in [-0.2, 0) is 14.3 Å². The monoisotopic (exact) mass is 839 g/mol. The molecule has 0 aliphatic heterocycles. The number of carboxylic acid groups (broad SMARTS) is 1. The van der Waals surface area contributed by atoms with E-state index in [9.17, 15) is 14.7 Å². The Kier molecular flexibility index (Phi) is 14.4. The van der Waals surface area contributed by atoms with Gasteiger partial charge in [0.15, 0.2) is 0 Å². The SMILES string of the molecule is CC(CCC(=O)O)C1CCC2C3CCC4C[C@H](O)CC[C@]4(C)C3CC[C@]12C.CCCS[C@H]1CC2C[C@H](C)CC[C@]2(C)C2CC[C@]3(C)C(C(C)CCC(=O)OC)CCC3C21. The molecular formula is C53H90O5S. The second-order valence-corrected chi connectivity index (χ2v) is 25.4. The summed E-state index contributed by atoms with van der Waals surface area (Å²) in [6.45, 7) is 20.1. The first-order chi connectivity index (χ1) is 28.0.